The molecule has 130 valence electrons. The Bertz CT molecular complexity index is 806. The van der Waals surface area contributed by atoms with Crippen LogP contribution >= 0.6 is 0 Å². The molecule has 0 saturated carbocycles. The standard InChI is InChI=1S/C16H14F2N4O3/c17-10-1-2-11(18)14(7-10)21-3-5-22(6-4-21)15(23)12-8-20-13(9-19-12)16(24)25/h1-2,7-9H,3-6H2,(H,24,25). The first-order valence-corrected chi connectivity index (χ1v) is 7.50. The van der Waals surface area contributed by atoms with E-state index < -0.39 is 17.6 Å². The maximum Gasteiger partial charge on any atom is 0.356 e. The predicted molar refractivity (Wildman–Crippen MR) is 83.5 cm³/mol. The SMILES string of the molecule is O=C(O)c1cnc(C(=O)N2CCN(c3cc(F)ccc3F)CC2)cn1. The fourth-order valence-corrected chi connectivity index (χ4v) is 2.59. The molecule has 9 heteroatoms. The molecule has 1 aromatic carbocycles. The Kier molecular flexibility index (Phi) is 4.55. The number of rotatable bonds is 3. The maximum atomic E-state index is 13.8. The lowest BCUT2D eigenvalue weighted by molar-refractivity contribution is 0.0684. The van der Waals surface area contributed by atoms with E-state index in [4.69, 9.17) is 5.11 Å². The fourth-order valence-electron chi connectivity index (χ4n) is 2.59. The van der Waals surface area contributed by atoms with E-state index in [0.29, 0.717) is 26.2 Å². The molecule has 25 heavy (non-hydrogen) atoms. The van der Waals surface area contributed by atoms with Crippen LogP contribution in [0.5, 0.6) is 0 Å². The van der Waals surface area contributed by atoms with Crippen molar-refractivity contribution in [3.8, 4) is 0 Å². The second-order valence-electron chi connectivity index (χ2n) is 5.47. The topological polar surface area (TPSA) is 86.6 Å². The highest BCUT2D eigenvalue weighted by molar-refractivity contribution is 5.93. The highest BCUT2D eigenvalue weighted by atomic mass is 19.1. The smallest absolute Gasteiger partial charge is 0.356 e. The molecule has 1 aromatic heterocycles. The van der Waals surface area contributed by atoms with Crippen molar-refractivity contribution in [2.75, 3.05) is 31.1 Å². The number of hydrogen-bond donors (Lipinski definition) is 1. The lowest BCUT2D eigenvalue weighted by atomic mass is 10.2. The highest BCUT2D eigenvalue weighted by Crippen LogP contribution is 2.22. The third kappa shape index (κ3) is 3.54. The molecule has 1 saturated heterocycles. The molecule has 2 heterocycles. The van der Waals surface area contributed by atoms with Gasteiger partial charge < -0.3 is 14.9 Å². The molecular weight excluding hydrogens is 334 g/mol. The molecular formula is C16H14F2N4O3. The van der Waals surface area contributed by atoms with Gasteiger partial charge in [-0.1, -0.05) is 0 Å². The van der Waals surface area contributed by atoms with Gasteiger partial charge in [0.2, 0.25) is 0 Å². The molecule has 1 fully saturated rings. The lowest BCUT2D eigenvalue weighted by Gasteiger charge is -2.36. The Morgan fingerprint density at radius 3 is 2.24 bits per heavy atom. The zero-order valence-corrected chi connectivity index (χ0v) is 13.0. The molecule has 0 unspecified atom stereocenters. The lowest BCUT2D eigenvalue weighted by Crippen LogP contribution is -2.49. The molecule has 3 rings (SSSR count). The van der Waals surface area contributed by atoms with Crippen LogP contribution in [0.25, 0.3) is 0 Å². The normalized spacial score (nSPS) is 14.5. The summed E-state index contributed by atoms with van der Waals surface area (Å²) in [6.45, 7) is 1.29. The molecule has 0 atom stereocenters. The van der Waals surface area contributed by atoms with Crippen molar-refractivity contribution in [2.24, 2.45) is 0 Å². The largest absolute Gasteiger partial charge is 0.476 e. The number of hydrogen-bond acceptors (Lipinski definition) is 5. The van der Waals surface area contributed by atoms with E-state index in [2.05, 4.69) is 9.97 Å². The van der Waals surface area contributed by atoms with Crippen molar-refractivity contribution >= 4 is 17.6 Å². The number of piperazine rings is 1. The van der Waals surface area contributed by atoms with E-state index in [-0.39, 0.29) is 23.0 Å². The Morgan fingerprint density at radius 1 is 1.00 bits per heavy atom. The van der Waals surface area contributed by atoms with E-state index in [0.717, 1.165) is 30.6 Å². The summed E-state index contributed by atoms with van der Waals surface area (Å²) in [4.78, 5) is 33.8. The molecule has 1 aliphatic heterocycles. The van der Waals surface area contributed by atoms with Crippen LogP contribution in [-0.4, -0.2) is 58.0 Å². The minimum Gasteiger partial charge on any atom is -0.476 e. The van der Waals surface area contributed by atoms with Gasteiger partial charge >= 0.3 is 5.97 Å². The number of aromatic nitrogens is 2. The van der Waals surface area contributed by atoms with E-state index in [9.17, 15) is 18.4 Å². The third-order valence-corrected chi connectivity index (χ3v) is 3.91. The average Bonchev–Trinajstić information content (AvgIpc) is 2.63. The monoisotopic (exact) mass is 348 g/mol. The second-order valence-corrected chi connectivity index (χ2v) is 5.47. The van der Waals surface area contributed by atoms with Crippen molar-refractivity contribution in [3.63, 3.8) is 0 Å². The van der Waals surface area contributed by atoms with Crippen LogP contribution in [0.15, 0.2) is 30.6 Å². The van der Waals surface area contributed by atoms with Gasteiger partial charge in [0, 0.05) is 32.2 Å². The van der Waals surface area contributed by atoms with Crippen molar-refractivity contribution < 1.29 is 23.5 Å². The van der Waals surface area contributed by atoms with Gasteiger partial charge in [-0.3, -0.25) is 4.79 Å². The number of halogens is 2. The zero-order valence-electron chi connectivity index (χ0n) is 13.0. The van der Waals surface area contributed by atoms with Gasteiger partial charge in [-0.2, -0.15) is 0 Å². The Morgan fingerprint density at radius 2 is 1.64 bits per heavy atom. The number of nitrogens with zero attached hydrogens (tertiary/aromatic N) is 4. The summed E-state index contributed by atoms with van der Waals surface area (Å²) < 4.78 is 27.1. The number of aromatic carboxylic acids is 1. The Balaban J connectivity index is 1.66. The Hall–Kier alpha value is -3.10. The number of carbonyl (C=O) groups is 2. The molecule has 1 N–H and O–H groups in total. The van der Waals surface area contributed by atoms with Crippen molar-refractivity contribution in [1.82, 2.24) is 14.9 Å². The average molecular weight is 348 g/mol. The van der Waals surface area contributed by atoms with E-state index >= 15 is 0 Å². The summed E-state index contributed by atoms with van der Waals surface area (Å²) in [6, 6.07) is 3.25. The van der Waals surface area contributed by atoms with Gasteiger partial charge in [0.25, 0.3) is 5.91 Å². The minimum absolute atomic E-state index is 0.0374. The van der Waals surface area contributed by atoms with Gasteiger partial charge in [0.1, 0.15) is 17.3 Å². The van der Waals surface area contributed by atoms with Crippen molar-refractivity contribution in [3.05, 3.63) is 53.6 Å². The van der Waals surface area contributed by atoms with Gasteiger partial charge in [-0.25, -0.2) is 23.5 Å². The van der Waals surface area contributed by atoms with E-state index in [1.165, 1.54) is 4.90 Å². The zero-order chi connectivity index (χ0) is 18.0. The van der Waals surface area contributed by atoms with Crippen LogP contribution in [0.2, 0.25) is 0 Å². The predicted octanol–water partition coefficient (Wildman–Crippen LogP) is 1.42. The number of benzene rings is 1. The first-order valence-electron chi connectivity index (χ1n) is 7.50. The molecule has 0 radical (unpaired) electrons. The van der Waals surface area contributed by atoms with Crippen LogP contribution < -0.4 is 4.90 Å². The first kappa shape index (κ1) is 16.7. The summed E-state index contributed by atoms with van der Waals surface area (Å²) in [5, 5.41) is 8.78. The number of amides is 1. The van der Waals surface area contributed by atoms with Crippen LogP contribution in [0.3, 0.4) is 0 Å². The molecule has 2 aromatic rings. The number of carbonyl (C=O) groups excluding carboxylic acids is 1. The summed E-state index contributed by atoms with van der Waals surface area (Å²) in [6.07, 6.45) is 2.14. The van der Waals surface area contributed by atoms with E-state index in [1.807, 2.05) is 0 Å². The van der Waals surface area contributed by atoms with Crippen LogP contribution in [0.4, 0.5) is 14.5 Å². The third-order valence-electron chi connectivity index (χ3n) is 3.91. The van der Waals surface area contributed by atoms with Crippen molar-refractivity contribution in [2.45, 2.75) is 0 Å². The quantitative estimate of drug-likeness (QED) is 0.903. The molecule has 0 spiro atoms. The van der Waals surface area contributed by atoms with Gasteiger partial charge in [0.15, 0.2) is 5.69 Å². The van der Waals surface area contributed by atoms with Crippen LogP contribution in [-0.2, 0) is 0 Å². The first-order chi connectivity index (χ1) is 12.0. The van der Waals surface area contributed by atoms with E-state index in [1.54, 1.807) is 4.90 Å². The molecule has 0 bridgehead atoms. The summed E-state index contributed by atoms with van der Waals surface area (Å²) in [5.74, 6) is -2.65. The van der Waals surface area contributed by atoms with Gasteiger partial charge in [0.05, 0.1) is 18.1 Å². The molecule has 0 aliphatic carbocycles. The van der Waals surface area contributed by atoms with Gasteiger partial charge in [-0.05, 0) is 12.1 Å². The maximum absolute atomic E-state index is 13.8. The summed E-state index contributed by atoms with van der Waals surface area (Å²) in [7, 11) is 0. The summed E-state index contributed by atoms with van der Waals surface area (Å²) in [5.41, 5.74) is -0.0453. The second kappa shape index (κ2) is 6.80. The molecule has 1 aliphatic rings. The number of anilines is 1. The highest BCUT2D eigenvalue weighted by Gasteiger charge is 2.25. The summed E-state index contributed by atoms with van der Waals surface area (Å²) >= 11 is 0. The van der Waals surface area contributed by atoms with Crippen molar-refractivity contribution in [1.29, 1.82) is 0 Å². The molecule has 7 nitrogen and oxygen atoms in total. The minimum atomic E-state index is -1.22. The number of carboxylic acids is 1. The fraction of sp³-hybridized carbons (Fsp3) is 0.250. The number of carboxylic acid groups (broad SMARTS) is 1. The Labute approximate surface area is 141 Å². The van der Waals surface area contributed by atoms with Gasteiger partial charge in [-0.15, -0.1) is 0 Å². The van der Waals surface area contributed by atoms with Crippen LogP contribution in [0.1, 0.15) is 21.0 Å². The van der Waals surface area contributed by atoms with Crippen LogP contribution in [0, 0.1) is 11.6 Å². The molecule has 1 amide bonds.